The van der Waals surface area contributed by atoms with Gasteiger partial charge in [0.05, 0.1) is 10.9 Å². The zero-order valence-electron chi connectivity index (χ0n) is 19.2. The molecule has 33 heavy (non-hydrogen) atoms. The van der Waals surface area contributed by atoms with Crippen LogP contribution in [0.4, 0.5) is 11.4 Å². The fourth-order valence-corrected chi connectivity index (χ4v) is 3.88. The lowest BCUT2D eigenvalue weighted by atomic mass is 10.1. The molecule has 0 bridgehead atoms. The molecule has 0 fully saturated rings. The van der Waals surface area contributed by atoms with Gasteiger partial charge in [0.15, 0.2) is 10.9 Å². The second kappa shape index (κ2) is 10.4. The molecule has 0 aliphatic rings. The fraction of sp³-hybridized carbons (Fsp3) is 0.292. The van der Waals surface area contributed by atoms with Gasteiger partial charge in [-0.1, -0.05) is 49.9 Å². The number of aromatic amines is 1. The van der Waals surface area contributed by atoms with Crippen molar-refractivity contribution in [3.8, 4) is 11.3 Å². The van der Waals surface area contributed by atoms with E-state index in [0.29, 0.717) is 11.3 Å². The van der Waals surface area contributed by atoms with E-state index in [1.165, 1.54) is 0 Å². The van der Waals surface area contributed by atoms with Crippen LogP contribution in [0.2, 0.25) is 0 Å². The van der Waals surface area contributed by atoms with E-state index in [2.05, 4.69) is 25.8 Å². The Morgan fingerprint density at radius 2 is 1.61 bits per heavy atom. The average molecular weight is 466 g/mol. The molecule has 2 aromatic carbocycles. The van der Waals surface area contributed by atoms with Crippen LogP contribution in [0.5, 0.6) is 0 Å². The third-order valence-corrected chi connectivity index (χ3v) is 5.76. The summed E-state index contributed by atoms with van der Waals surface area (Å²) in [4.78, 5) is 40.1. The highest BCUT2D eigenvalue weighted by Crippen LogP contribution is 2.25. The summed E-state index contributed by atoms with van der Waals surface area (Å²) in [5.74, 6) is -0.585. The van der Waals surface area contributed by atoms with Crippen LogP contribution in [0.1, 0.15) is 31.9 Å². The number of aryl methyl sites for hydroxylation is 2. The highest BCUT2D eigenvalue weighted by molar-refractivity contribution is 8.00. The van der Waals surface area contributed by atoms with Gasteiger partial charge >= 0.3 is 0 Å². The Bertz CT molecular complexity index is 1220. The van der Waals surface area contributed by atoms with Crippen molar-refractivity contribution in [3.63, 3.8) is 0 Å². The molecule has 172 valence electrons. The third kappa shape index (κ3) is 6.29. The van der Waals surface area contributed by atoms with Gasteiger partial charge in [0.2, 0.25) is 11.8 Å². The summed E-state index contributed by atoms with van der Waals surface area (Å²) in [7, 11) is 0. The number of hydrogen-bond donors (Lipinski definition) is 3. The molecule has 0 saturated carbocycles. The predicted octanol–water partition coefficient (Wildman–Crippen LogP) is 4.16. The largest absolute Gasteiger partial charge is 0.325 e. The van der Waals surface area contributed by atoms with E-state index in [4.69, 9.17) is 0 Å². The zero-order valence-corrected chi connectivity index (χ0v) is 20.0. The Morgan fingerprint density at radius 1 is 0.939 bits per heavy atom. The Morgan fingerprint density at radius 3 is 2.24 bits per heavy atom. The quantitative estimate of drug-likeness (QED) is 0.451. The van der Waals surface area contributed by atoms with Gasteiger partial charge in [-0.25, -0.2) is 0 Å². The van der Waals surface area contributed by atoms with Crippen molar-refractivity contribution < 1.29 is 9.59 Å². The van der Waals surface area contributed by atoms with Crippen LogP contribution in [0.3, 0.4) is 0 Å². The monoisotopic (exact) mass is 465 g/mol. The molecule has 0 unspecified atom stereocenters. The number of anilines is 2. The number of para-hydroxylation sites is 1. The second-order valence-corrected chi connectivity index (χ2v) is 9.45. The number of thioether (sulfide) groups is 1. The summed E-state index contributed by atoms with van der Waals surface area (Å²) in [6.45, 7) is 9.24. The minimum absolute atomic E-state index is 0.0892. The van der Waals surface area contributed by atoms with Gasteiger partial charge in [-0.2, -0.15) is 0 Å². The van der Waals surface area contributed by atoms with E-state index in [-0.39, 0.29) is 28.6 Å². The molecule has 1 aromatic heterocycles. The number of carbonyl (C=O) groups is 2. The maximum Gasteiger partial charge on any atom is 0.278 e. The van der Waals surface area contributed by atoms with Gasteiger partial charge in [-0.05, 0) is 50.1 Å². The number of hydrogen-bond acceptors (Lipinski definition) is 6. The van der Waals surface area contributed by atoms with Gasteiger partial charge in [0.1, 0.15) is 0 Å². The summed E-state index contributed by atoms with van der Waals surface area (Å²) < 4.78 is 0. The molecular formula is C24H27N5O3S. The molecule has 1 heterocycles. The number of aromatic nitrogens is 3. The topological polar surface area (TPSA) is 117 Å². The highest BCUT2D eigenvalue weighted by Gasteiger charge is 2.19. The molecule has 0 aliphatic carbocycles. The van der Waals surface area contributed by atoms with Crippen LogP contribution in [0, 0.1) is 19.8 Å². The van der Waals surface area contributed by atoms with Crippen LogP contribution in [-0.2, 0) is 9.59 Å². The summed E-state index contributed by atoms with van der Waals surface area (Å²) in [6.07, 6.45) is 0. The smallest absolute Gasteiger partial charge is 0.278 e. The van der Waals surface area contributed by atoms with Crippen LogP contribution in [0.15, 0.2) is 52.4 Å². The molecule has 0 saturated heterocycles. The lowest BCUT2D eigenvalue weighted by Gasteiger charge is -2.13. The highest BCUT2D eigenvalue weighted by atomic mass is 32.2. The normalized spacial score (nSPS) is 11.8. The first-order valence-corrected chi connectivity index (χ1v) is 11.4. The molecule has 9 heteroatoms. The van der Waals surface area contributed by atoms with Gasteiger partial charge in [0.25, 0.3) is 5.56 Å². The molecular weight excluding hydrogens is 438 g/mol. The van der Waals surface area contributed by atoms with Crippen molar-refractivity contribution in [3.05, 3.63) is 63.9 Å². The van der Waals surface area contributed by atoms with E-state index >= 15 is 0 Å². The zero-order chi connectivity index (χ0) is 24.1. The molecule has 2 amide bonds. The van der Waals surface area contributed by atoms with Crippen molar-refractivity contribution in [2.75, 3.05) is 10.6 Å². The van der Waals surface area contributed by atoms with E-state index in [1.807, 2.05) is 32.0 Å². The van der Waals surface area contributed by atoms with Crippen molar-refractivity contribution >= 4 is 35.0 Å². The SMILES string of the molecule is Cc1cc(C)cc(NC(=O)[C@H](C)Sc2nnc(-c3ccccc3NC(=O)C(C)C)c(=O)[nH]2)c1. The summed E-state index contributed by atoms with van der Waals surface area (Å²) in [6, 6.07) is 12.7. The number of nitrogens with one attached hydrogen (secondary N) is 3. The number of carbonyl (C=O) groups excluding carboxylic acids is 2. The number of nitrogens with zero attached hydrogens (tertiary/aromatic N) is 2. The lowest BCUT2D eigenvalue weighted by molar-refractivity contribution is -0.119. The Balaban J connectivity index is 1.75. The predicted molar refractivity (Wildman–Crippen MR) is 131 cm³/mol. The first-order valence-electron chi connectivity index (χ1n) is 10.6. The molecule has 1 atom stereocenters. The van der Waals surface area contributed by atoms with Crippen LogP contribution >= 0.6 is 11.8 Å². The van der Waals surface area contributed by atoms with Crippen molar-refractivity contribution in [2.45, 2.75) is 45.0 Å². The Labute approximate surface area is 196 Å². The number of H-pyrrole nitrogens is 1. The molecule has 0 aliphatic heterocycles. The minimum Gasteiger partial charge on any atom is -0.325 e. The lowest BCUT2D eigenvalue weighted by Crippen LogP contribution is -2.24. The van der Waals surface area contributed by atoms with Crippen molar-refractivity contribution in [2.24, 2.45) is 5.92 Å². The maximum atomic E-state index is 12.7. The Kier molecular flexibility index (Phi) is 7.65. The third-order valence-electron chi connectivity index (χ3n) is 4.79. The van der Waals surface area contributed by atoms with E-state index in [1.54, 1.807) is 45.0 Å². The standard InChI is InChI=1S/C24H27N5O3S/c1-13(2)21(30)26-19-9-7-6-8-18(19)20-23(32)27-24(29-28-20)33-16(5)22(31)25-17-11-14(3)10-15(4)12-17/h6-13,16H,1-5H3,(H,25,31)(H,26,30)(H,27,29,32)/t16-/m0/s1. The van der Waals surface area contributed by atoms with Crippen LogP contribution < -0.4 is 16.2 Å². The average Bonchev–Trinajstić information content (AvgIpc) is 2.73. The maximum absolute atomic E-state index is 12.7. The molecule has 3 aromatic rings. The van der Waals surface area contributed by atoms with Crippen molar-refractivity contribution in [1.29, 1.82) is 0 Å². The molecule has 3 rings (SSSR count). The van der Waals surface area contributed by atoms with Crippen molar-refractivity contribution in [1.82, 2.24) is 15.2 Å². The minimum atomic E-state index is -0.515. The summed E-state index contributed by atoms with van der Waals surface area (Å²) >= 11 is 1.11. The molecule has 8 nitrogen and oxygen atoms in total. The first-order chi connectivity index (χ1) is 15.6. The van der Waals surface area contributed by atoms with E-state index < -0.39 is 10.8 Å². The second-order valence-electron chi connectivity index (χ2n) is 8.12. The molecule has 3 N–H and O–H groups in total. The van der Waals surface area contributed by atoms with Crippen LogP contribution in [-0.4, -0.2) is 32.2 Å². The van der Waals surface area contributed by atoms with Gasteiger partial charge in [-0.15, -0.1) is 10.2 Å². The Hall–Kier alpha value is -3.46. The van der Waals surface area contributed by atoms with Gasteiger partial charge in [-0.3, -0.25) is 19.4 Å². The van der Waals surface area contributed by atoms with E-state index in [0.717, 1.165) is 28.6 Å². The molecule has 0 spiro atoms. The number of amides is 2. The first kappa shape index (κ1) is 24.2. The summed E-state index contributed by atoms with van der Waals surface area (Å²) in [5, 5.41) is 13.6. The number of rotatable bonds is 7. The number of benzene rings is 2. The van der Waals surface area contributed by atoms with Gasteiger partial charge < -0.3 is 10.6 Å². The van der Waals surface area contributed by atoms with Crippen LogP contribution in [0.25, 0.3) is 11.3 Å². The fourth-order valence-electron chi connectivity index (χ4n) is 3.14. The van der Waals surface area contributed by atoms with E-state index in [9.17, 15) is 14.4 Å². The summed E-state index contributed by atoms with van der Waals surface area (Å²) in [5.41, 5.74) is 3.42. The van der Waals surface area contributed by atoms with Gasteiger partial charge in [0, 0.05) is 17.2 Å². The molecule has 0 radical (unpaired) electrons.